The standard InChI is InChI=1S/C10H15N.C3H8/c1-8-5-6-9(11-7-8)10(2,3)4;1-3-2/h5-7H,1-4H3;3H2,1-2H3. The molecular weight excluding hydrogens is 170 g/mol. The van der Waals surface area contributed by atoms with E-state index >= 15 is 0 Å². The molecule has 0 bridgehead atoms. The Balaban J connectivity index is 0.000000500. The van der Waals surface area contributed by atoms with Crippen molar-refractivity contribution in [2.45, 2.75) is 53.4 Å². The molecule has 0 aliphatic heterocycles. The molecule has 1 rings (SSSR count). The van der Waals surface area contributed by atoms with Crippen LogP contribution < -0.4 is 0 Å². The molecule has 0 aromatic carbocycles. The van der Waals surface area contributed by atoms with Gasteiger partial charge in [-0.15, -0.1) is 0 Å². The zero-order chi connectivity index (χ0) is 11.2. The first-order valence-corrected chi connectivity index (χ1v) is 5.35. The minimum Gasteiger partial charge on any atom is -0.260 e. The lowest BCUT2D eigenvalue weighted by Gasteiger charge is -2.16. The second-order valence-corrected chi connectivity index (χ2v) is 4.68. The van der Waals surface area contributed by atoms with Crippen molar-refractivity contribution in [2.24, 2.45) is 0 Å². The number of aryl methyl sites for hydroxylation is 1. The Bertz CT molecular complexity index is 241. The van der Waals surface area contributed by atoms with E-state index in [9.17, 15) is 0 Å². The van der Waals surface area contributed by atoms with Crippen LogP contribution in [0.5, 0.6) is 0 Å². The van der Waals surface area contributed by atoms with Crippen molar-refractivity contribution in [3.05, 3.63) is 29.6 Å². The molecule has 80 valence electrons. The number of pyridine rings is 1. The molecule has 1 heterocycles. The Morgan fingerprint density at radius 1 is 1.14 bits per heavy atom. The molecule has 0 N–H and O–H groups in total. The molecule has 0 atom stereocenters. The van der Waals surface area contributed by atoms with Gasteiger partial charge in [0.1, 0.15) is 0 Å². The number of hydrogen-bond donors (Lipinski definition) is 0. The summed E-state index contributed by atoms with van der Waals surface area (Å²) in [5.74, 6) is 0. The van der Waals surface area contributed by atoms with Crippen LogP contribution in [0.3, 0.4) is 0 Å². The third kappa shape index (κ3) is 5.00. The molecule has 1 aromatic rings. The molecule has 0 aliphatic carbocycles. The third-order valence-electron chi connectivity index (χ3n) is 1.68. The summed E-state index contributed by atoms with van der Waals surface area (Å²) in [6.45, 7) is 12.8. The normalized spacial score (nSPS) is 10.4. The van der Waals surface area contributed by atoms with E-state index in [0.29, 0.717) is 0 Å². The Labute approximate surface area is 88.6 Å². The lowest BCUT2D eigenvalue weighted by molar-refractivity contribution is 0.568. The number of nitrogens with zero attached hydrogens (tertiary/aromatic N) is 1. The summed E-state index contributed by atoms with van der Waals surface area (Å²) in [4.78, 5) is 4.35. The molecule has 0 saturated heterocycles. The fraction of sp³-hybridized carbons (Fsp3) is 0.615. The number of hydrogen-bond acceptors (Lipinski definition) is 1. The summed E-state index contributed by atoms with van der Waals surface area (Å²) >= 11 is 0. The van der Waals surface area contributed by atoms with Crippen LogP contribution >= 0.6 is 0 Å². The van der Waals surface area contributed by atoms with Crippen molar-refractivity contribution in [3.8, 4) is 0 Å². The average Bonchev–Trinajstić information content (AvgIpc) is 2.04. The maximum atomic E-state index is 4.35. The Hall–Kier alpha value is -0.850. The summed E-state index contributed by atoms with van der Waals surface area (Å²) in [6.07, 6.45) is 3.17. The van der Waals surface area contributed by atoms with Crippen molar-refractivity contribution in [2.75, 3.05) is 0 Å². The van der Waals surface area contributed by atoms with Gasteiger partial charge in [-0.05, 0) is 18.6 Å². The molecular formula is C13H23N. The van der Waals surface area contributed by atoms with Gasteiger partial charge in [0.25, 0.3) is 0 Å². The summed E-state index contributed by atoms with van der Waals surface area (Å²) in [7, 11) is 0. The highest BCUT2D eigenvalue weighted by Gasteiger charge is 2.13. The second-order valence-electron chi connectivity index (χ2n) is 4.68. The van der Waals surface area contributed by atoms with E-state index in [2.05, 4.69) is 58.7 Å². The fourth-order valence-electron chi connectivity index (χ4n) is 0.911. The first kappa shape index (κ1) is 13.2. The van der Waals surface area contributed by atoms with Gasteiger partial charge in [-0.25, -0.2) is 0 Å². The highest BCUT2D eigenvalue weighted by atomic mass is 14.7. The summed E-state index contributed by atoms with van der Waals surface area (Å²) in [5, 5.41) is 0. The average molecular weight is 193 g/mol. The lowest BCUT2D eigenvalue weighted by Crippen LogP contribution is -2.12. The van der Waals surface area contributed by atoms with E-state index in [4.69, 9.17) is 0 Å². The van der Waals surface area contributed by atoms with E-state index in [1.807, 2.05) is 6.20 Å². The fourth-order valence-corrected chi connectivity index (χ4v) is 0.911. The first-order chi connectivity index (χ1) is 6.41. The van der Waals surface area contributed by atoms with Crippen LogP contribution in [0.4, 0.5) is 0 Å². The highest BCUT2D eigenvalue weighted by molar-refractivity contribution is 5.17. The molecule has 1 aromatic heterocycles. The number of rotatable bonds is 0. The first-order valence-electron chi connectivity index (χ1n) is 5.35. The monoisotopic (exact) mass is 193 g/mol. The van der Waals surface area contributed by atoms with Crippen molar-refractivity contribution >= 4 is 0 Å². The van der Waals surface area contributed by atoms with Gasteiger partial charge in [0.2, 0.25) is 0 Å². The second kappa shape index (κ2) is 5.79. The summed E-state index contributed by atoms with van der Waals surface area (Å²) < 4.78 is 0. The van der Waals surface area contributed by atoms with Crippen molar-refractivity contribution < 1.29 is 0 Å². The molecule has 0 unspecified atom stereocenters. The van der Waals surface area contributed by atoms with Crippen molar-refractivity contribution in [1.29, 1.82) is 0 Å². The van der Waals surface area contributed by atoms with E-state index < -0.39 is 0 Å². The van der Waals surface area contributed by atoms with Crippen LogP contribution in [0.1, 0.15) is 52.3 Å². The van der Waals surface area contributed by atoms with Crippen LogP contribution in [0.15, 0.2) is 18.3 Å². The SMILES string of the molecule is CCC.Cc1ccc(C(C)(C)C)nc1. The van der Waals surface area contributed by atoms with E-state index in [1.54, 1.807) is 0 Å². The molecule has 1 nitrogen and oxygen atoms in total. The van der Waals surface area contributed by atoms with Gasteiger partial charge in [-0.3, -0.25) is 4.98 Å². The quantitative estimate of drug-likeness (QED) is 0.604. The van der Waals surface area contributed by atoms with Gasteiger partial charge in [-0.2, -0.15) is 0 Å². The van der Waals surface area contributed by atoms with Gasteiger partial charge < -0.3 is 0 Å². The smallest absolute Gasteiger partial charge is 0.0457 e. The molecule has 0 fully saturated rings. The minimum absolute atomic E-state index is 0.174. The maximum absolute atomic E-state index is 4.35. The van der Waals surface area contributed by atoms with Crippen LogP contribution in [-0.4, -0.2) is 4.98 Å². The van der Waals surface area contributed by atoms with Gasteiger partial charge in [0.15, 0.2) is 0 Å². The predicted octanol–water partition coefficient (Wildman–Crippen LogP) is 4.10. The van der Waals surface area contributed by atoms with Crippen LogP contribution in [0.2, 0.25) is 0 Å². The molecule has 1 heteroatoms. The topological polar surface area (TPSA) is 12.9 Å². The van der Waals surface area contributed by atoms with Crippen molar-refractivity contribution in [1.82, 2.24) is 4.98 Å². The summed E-state index contributed by atoms with van der Waals surface area (Å²) in [6, 6.07) is 4.20. The van der Waals surface area contributed by atoms with E-state index in [1.165, 1.54) is 12.0 Å². The van der Waals surface area contributed by atoms with Crippen LogP contribution in [-0.2, 0) is 5.41 Å². The van der Waals surface area contributed by atoms with Gasteiger partial charge >= 0.3 is 0 Å². The Kier molecular flexibility index (Phi) is 5.44. The lowest BCUT2D eigenvalue weighted by atomic mass is 9.91. The van der Waals surface area contributed by atoms with Crippen molar-refractivity contribution in [3.63, 3.8) is 0 Å². The molecule has 0 amide bonds. The number of aromatic nitrogens is 1. The Morgan fingerprint density at radius 3 is 1.93 bits per heavy atom. The van der Waals surface area contributed by atoms with Gasteiger partial charge in [0.05, 0.1) is 0 Å². The molecule has 0 saturated carbocycles. The zero-order valence-electron chi connectivity index (χ0n) is 10.4. The Morgan fingerprint density at radius 2 is 1.64 bits per heavy atom. The molecule has 0 radical (unpaired) electrons. The summed E-state index contributed by atoms with van der Waals surface area (Å²) in [5.41, 5.74) is 2.55. The van der Waals surface area contributed by atoms with Crippen LogP contribution in [0, 0.1) is 6.92 Å². The van der Waals surface area contributed by atoms with Gasteiger partial charge in [-0.1, -0.05) is 47.1 Å². The maximum Gasteiger partial charge on any atom is 0.0457 e. The highest BCUT2D eigenvalue weighted by Crippen LogP contribution is 2.19. The zero-order valence-corrected chi connectivity index (χ0v) is 10.4. The van der Waals surface area contributed by atoms with E-state index in [0.717, 1.165) is 5.69 Å². The largest absolute Gasteiger partial charge is 0.260 e. The molecule has 0 aliphatic rings. The van der Waals surface area contributed by atoms with Crippen LogP contribution in [0.25, 0.3) is 0 Å². The molecule has 0 spiro atoms. The minimum atomic E-state index is 0.174. The molecule has 14 heavy (non-hydrogen) atoms. The predicted molar refractivity (Wildman–Crippen MR) is 63.6 cm³/mol. The van der Waals surface area contributed by atoms with E-state index in [-0.39, 0.29) is 5.41 Å². The van der Waals surface area contributed by atoms with Gasteiger partial charge in [0, 0.05) is 17.3 Å². The third-order valence-corrected chi connectivity index (χ3v) is 1.68.